The standard InChI is InChI=1S/C21H28N4O6/c1-15-12-18(24-31-15)23-19(26)8-9-21(28)25(14-20(27)22-10-11-29-2)13-16-4-6-17(30-3)7-5-16/h4-7,12H,8-11,13-14H2,1-3H3,(H,22,27)(H,23,24,26). The third-order valence-corrected chi connectivity index (χ3v) is 4.31. The Labute approximate surface area is 180 Å². The third kappa shape index (κ3) is 8.47. The van der Waals surface area contributed by atoms with Crippen molar-refractivity contribution in [1.29, 1.82) is 0 Å². The number of hydrogen-bond acceptors (Lipinski definition) is 7. The van der Waals surface area contributed by atoms with E-state index in [0.29, 0.717) is 30.5 Å². The topological polar surface area (TPSA) is 123 Å². The predicted octanol–water partition coefficient (Wildman–Crippen LogP) is 1.50. The molecule has 3 amide bonds. The first kappa shape index (κ1) is 23.9. The summed E-state index contributed by atoms with van der Waals surface area (Å²) in [4.78, 5) is 38.5. The van der Waals surface area contributed by atoms with Crippen molar-refractivity contribution in [3.8, 4) is 5.75 Å². The lowest BCUT2D eigenvalue weighted by atomic mass is 10.2. The second-order valence-electron chi connectivity index (χ2n) is 6.81. The van der Waals surface area contributed by atoms with Gasteiger partial charge < -0.3 is 29.5 Å². The van der Waals surface area contributed by atoms with Crippen molar-refractivity contribution < 1.29 is 28.4 Å². The zero-order chi connectivity index (χ0) is 22.6. The van der Waals surface area contributed by atoms with Crippen LogP contribution in [0.5, 0.6) is 5.75 Å². The lowest BCUT2D eigenvalue weighted by Gasteiger charge is -2.22. The highest BCUT2D eigenvalue weighted by Crippen LogP contribution is 2.14. The molecule has 0 spiro atoms. The van der Waals surface area contributed by atoms with Gasteiger partial charge in [0, 0.05) is 39.1 Å². The van der Waals surface area contributed by atoms with Gasteiger partial charge in [-0.15, -0.1) is 0 Å². The monoisotopic (exact) mass is 432 g/mol. The zero-order valence-electron chi connectivity index (χ0n) is 18.0. The largest absolute Gasteiger partial charge is 0.497 e. The summed E-state index contributed by atoms with van der Waals surface area (Å²) in [6.07, 6.45) is -0.0979. The Morgan fingerprint density at radius 2 is 1.84 bits per heavy atom. The van der Waals surface area contributed by atoms with Gasteiger partial charge in [-0.05, 0) is 24.6 Å². The van der Waals surface area contributed by atoms with Gasteiger partial charge in [-0.3, -0.25) is 14.4 Å². The molecule has 2 N–H and O–H groups in total. The van der Waals surface area contributed by atoms with Gasteiger partial charge in [-0.2, -0.15) is 0 Å². The van der Waals surface area contributed by atoms with E-state index in [1.54, 1.807) is 32.2 Å². The molecule has 10 nitrogen and oxygen atoms in total. The van der Waals surface area contributed by atoms with Crippen molar-refractivity contribution in [2.75, 3.05) is 39.2 Å². The third-order valence-electron chi connectivity index (χ3n) is 4.31. The zero-order valence-corrected chi connectivity index (χ0v) is 18.0. The molecule has 0 saturated carbocycles. The maximum atomic E-state index is 12.8. The van der Waals surface area contributed by atoms with Crippen molar-refractivity contribution >= 4 is 23.5 Å². The molecule has 0 fully saturated rings. The average Bonchev–Trinajstić information content (AvgIpc) is 3.16. The van der Waals surface area contributed by atoms with Crippen LogP contribution in [0.15, 0.2) is 34.9 Å². The first-order valence-corrected chi connectivity index (χ1v) is 9.80. The van der Waals surface area contributed by atoms with E-state index in [-0.39, 0.29) is 43.7 Å². The second-order valence-corrected chi connectivity index (χ2v) is 6.81. The van der Waals surface area contributed by atoms with Crippen LogP contribution in [0, 0.1) is 6.92 Å². The first-order chi connectivity index (χ1) is 14.9. The van der Waals surface area contributed by atoms with Crippen molar-refractivity contribution in [2.45, 2.75) is 26.3 Å². The fraction of sp³-hybridized carbons (Fsp3) is 0.429. The molecule has 0 bridgehead atoms. The van der Waals surface area contributed by atoms with Crippen LogP contribution in [-0.2, 0) is 25.7 Å². The van der Waals surface area contributed by atoms with Crippen LogP contribution < -0.4 is 15.4 Å². The van der Waals surface area contributed by atoms with Gasteiger partial charge in [0.05, 0.1) is 20.3 Å². The molecule has 1 aromatic carbocycles. The molecular formula is C21H28N4O6. The number of amides is 3. The van der Waals surface area contributed by atoms with Crippen molar-refractivity contribution in [2.24, 2.45) is 0 Å². The van der Waals surface area contributed by atoms with Gasteiger partial charge in [-0.1, -0.05) is 17.3 Å². The molecule has 168 valence electrons. The van der Waals surface area contributed by atoms with Gasteiger partial charge in [0.2, 0.25) is 17.7 Å². The minimum Gasteiger partial charge on any atom is -0.497 e. The van der Waals surface area contributed by atoms with Crippen LogP contribution in [0.1, 0.15) is 24.2 Å². The summed E-state index contributed by atoms with van der Waals surface area (Å²) in [5, 5.41) is 8.96. The van der Waals surface area contributed by atoms with Gasteiger partial charge in [0.1, 0.15) is 11.5 Å². The van der Waals surface area contributed by atoms with E-state index < -0.39 is 0 Å². The number of aryl methyl sites for hydroxylation is 1. The maximum absolute atomic E-state index is 12.8. The number of nitrogens with zero attached hydrogens (tertiary/aromatic N) is 2. The van der Waals surface area contributed by atoms with Gasteiger partial charge in [-0.25, -0.2) is 0 Å². The summed E-state index contributed by atoms with van der Waals surface area (Å²) < 4.78 is 15.0. The first-order valence-electron chi connectivity index (χ1n) is 9.80. The Morgan fingerprint density at radius 1 is 1.10 bits per heavy atom. The van der Waals surface area contributed by atoms with Crippen molar-refractivity contribution in [3.63, 3.8) is 0 Å². The number of anilines is 1. The molecule has 0 unspecified atom stereocenters. The molecule has 2 aromatic rings. The number of hydrogen-bond donors (Lipinski definition) is 2. The molecule has 2 rings (SSSR count). The molecule has 0 saturated heterocycles. The SMILES string of the molecule is COCCNC(=O)CN(Cc1ccc(OC)cc1)C(=O)CCC(=O)Nc1cc(C)on1. The Balaban J connectivity index is 1.96. The number of nitrogens with one attached hydrogen (secondary N) is 2. The molecule has 0 atom stereocenters. The number of ether oxygens (including phenoxy) is 2. The van der Waals surface area contributed by atoms with Crippen LogP contribution in [0.2, 0.25) is 0 Å². The number of carbonyl (C=O) groups excluding carboxylic acids is 3. The Kier molecular flexibility index (Phi) is 9.50. The van der Waals surface area contributed by atoms with E-state index in [1.807, 2.05) is 12.1 Å². The number of benzene rings is 1. The quantitative estimate of drug-likeness (QED) is 0.487. The van der Waals surface area contributed by atoms with Gasteiger partial charge in [0.15, 0.2) is 5.82 Å². The van der Waals surface area contributed by atoms with E-state index in [4.69, 9.17) is 14.0 Å². The van der Waals surface area contributed by atoms with Crippen LogP contribution in [-0.4, -0.2) is 61.7 Å². The highest BCUT2D eigenvalue weighted by Gasteiger charge is 2.19. The highest BCUT2D eigenvalue weighted by molar-refractivity contribution is 5.93. The molecule has 0 aliphatic heterocycles. The Morgan fingerprint density at radius 3 is 2.45 bits per heavy atom. The molecule has 0 radical (unpaired) electrons. The van der Waals surface area contributed by atoms with E-state index in [9.17, 15) is 14.4 Å². The van der Waals surface area contributed by atoms with E-state index in [0.717, 1.165) is 5.56 Å². The fourth-order valence-corrected chi connectivity index (χ4v) is 2.71. The second kappa shape index (κ2) is 12.3. The number of methoxy groups -OCH3 is 2. The van der Waals surface area contributed by atoms with Crippen LogP contribution in [0.3, 0.4) is 0 Å². The minimum atomic E-state index is -0.365. The average molecular weight is 432 g/mol. The molecule has 0 aliphatic rings. The summed E-state index contributed by atoms with van der Waals surface area (Å²) in [6, 6.07) is 8.79. The summed E-state index contributed by atoms with van der Waals surface area (Å²) in [5.74, 6) is 0.569. The van der Waals surface area contributed by atoms with Crippen LogP contribution in [0.4, 0.5) is 5.82 Å². The normalized spacial score (nSPS) is 10.4. The molecule has 1 heterocycles. The fourth-order valence-electron chi connectivity index (χ4n) is 2.71. The summed E-state index contributed by atoms with van der Waals surface area (Å²) in [5.41, 5.74) is 0.835. The molecule has 0 aliphatic carbocycles. The predicted molar refractivity (Wildman–Crippen MR) is 112 cm³/mol. The number of carbonyl (C=O) groups is 3. The molecule has 10 heteroatoms. The number of rotatable bonds is 12. The minimum absolute atomic E-state index is 0.0465. The highest BCUT2D eigenvalue weighted by atomic mass is 16.5. The smallest absolute Gasteiger partial charge is 0.239 e. The van der Waals surface area contributed by atoms with Gasteiger partial charge in [0.25, 0.3) is 0 Å². The lowest BCUT2D eigenvalue weighted by Crippen LogP contribution is -2.41. The maximum Gasteiger partial charge on any atom is 0.239 e. The molecule has 31 heavy (non-hydrogen) atoms. The Hall–Kier alpha value is -3.40. The van der Waals surface area contributed by atoms with Crippen LogP contribution in [0.25, 0.3) is 0 Å². The Bertz CT molecular complexity index is 865. The lowest BCUT2D eigenvalue weighted by molar-refractivity contribution is -0.137. The number of aromatic nitrogens is 1. The van der Waals surface area contributed by atoms with E-state index in [2.05, 4.69) is 15.8 Å². The van der Waals surface area contributed by atoms with E-state index in [1.165, 1.54) is 12.0 Å². The van der Waals surface area contributed by atoms with Crippen molar-refractivity contribution in [1.82, 2.24) is 15.4 Å². The summed E-state index contributed by atoms with van der Waals surface area (Å²) in [7, 11) is 3.11. The molecular weight excluding hydrogens is 404 g/mol. The van der Waals surface area contributed by atoms with E-state index >= 15 is 0 Å². The molecule has 1 aromatic heterocycles. The van der Waals surface area contributed by atoms with Crippen molar-refractivity contribution in [3.05, 3.63) is 41.7 Å². The summed E-state index contributed by atoms with van der Waals surface area (Å²) in [6.45, 7) is 2.53. The van der Waals surface area contributed by atoms with Gasteiger partial charge >= 0.3 is 0 Å². The van der Waals surface area contributed by atoms with Crippen LogP contribution >= 0.6 is 0 Å². The summed E-state index contributed by atoms with van der Waals surface area (Å²) >= 11 is 0.